The van der Waals surface area contributed by atoms with Gasteiger partial charge >= 0.3 is 0 Å². The summed E-state index contributed by atoms with van der Waals surface area (Å²) >= 11 is 0. The van der Waals surface area contributed by atoms with Crippen molar-refractivity contribution in [2.24, 2.45) is 17.3 Å². The predicted octanol–water partition coefficient (Wildman–Crippen LogP) is 5.56. The second-order valence-corrected chi connectivity index (χ2v) is 10.2. The largest absolute Gasteiger partial charge is 0.490 e. The summed E-state index contributed by atoms with van der Waals surface area (Å²) in [5.41, 5.74) is 1.98. The highest BCUT2D eigenvalue weighted by Gasteiger charge is 2.63. The lowest BCUT2D eigenvalue weighted by Crippen LogP contribution is -2.67. The fourth-order valence-electron chi connectivity index (χ4n) is 7.11. The van der Waals surface area contributed by atoms with E-state index in [1.54, 1.807) is 0 Å². The van der Waals surface area contributed by atoms with Crippen molar-refractivity contribution in [1.29, 1.82) is 0 Å². The second kappa shape index (κ2) is 8.51. The van der Waals surface area contributed by atoms with Gasteiger partial charge in [-0.2, -0.15) is 0 Å². The minimum absolute atomic E-state index is 0.135. The van der Waals surface area contributed by atoms with Crippen LogP contribution in [0.2, 0.25) is 0 Å². The molecule has 1 spiro atoms. The van der Waals surface area contributed by atoms with Gasteiger partial charge in [0.25, 0.3) is 0 Å². The van der Waals surface area contributed by atoms with E-state index in [1.807, 2.05) is 38.1 Å². The van der Waals surface area contributed by atoms with E-state index in [1.165, 1.54) is 6.42 Å². The lowest BCUT2D eigenvalue weighted by molar-refractivity contribution is -0.175. The summed E-state index contributed by atoms with van der Waals surface area (Å²) in [6.07, 6.45) is 6.65. The van der Waals surface area contributed by atoms with Crippen molar-refractivity contribution in [3.05, 3.63) is 47.5 Å². The van der Waals surface area contributed by atoms with E-state index < -0.39 is 0 Å². The van der Waals surface area contributed by atoms with Gasteiger partial charge in [-0.25, -0.2) is 0 Å². The smallest absolute Gasteiger partial charge is 0.164 e. The Morgan fingerprint density at radius 1 is 0.794 bits per heavy atom. The number of hydrogen-bond acceptors (Lipinski definition) is 5. The molecular formula is C29H34O5. The zero-order valence-corrected chi connectivity index (χ0v) is 20.2. The van der Waals surface area contributed by atoms with Crippen LogP contribution in [0.25, 0.3) is 0 Å². The summed E-state index contributed by atoms with van der Waals surface area (Å²) in [4.78, 5) is 14.0. The topological polar surface area (TPSA) is 54.0 Å². The van der Waals surface area contributed by atoms with Crippen molar-refractivity contribution in [3.63, 3.8) is 0 Å². The predicted molar refractivity (Wildman–Crippen MR) is 129 cm³/mol. The van der Waals surface area contributed by atoms with Crippen LogP contribution in [0.3, 0.4) is 0 Å². The molecule has 2 heterocycles. The summed E-state index contributed by atoms with van der Waals surface area (Å²) in [6.45, 7) is 5.16. The summed E-state index contributed by atoms with van der Waals surface area (Å²) < 4.78 is 25.5. The van der Waals surface area contributed by atoms with Crippen molar-refractivity contribution >= 4 is 5.78 Å². The number of Topliss-reactive ketones (excluding diaryl/α,β-unsaturated/α-hetero) is 1. The number of benzene rings is 2. The molecule has 5 heteroatoms. The minimum Gasteiger partial charge on any atom is -0.490 e. The Morgan fingerprint density at radius 3 is 1.76 bits per heavy atom. The number of ether oxygens (including phenoxy) is 4. The second-order valence-electron chi connectivity index (χ2n) is 10.2. The molecule has 0 radical (unpaired) electrons. The van der Waals surface area contributed by atoms with Gasteiger partial charge < -0.3 is 18.9 Å². The minimum atomic E-state index is -0.185. The molecule has 2 fully saturated rings. The summed E-state index contributed by atoms with van der Waals surface area (Å²) in [7, 11) is 0. The van der Waals surface area contributed by atoms with Gasteiger partial charge in [0.15, 0.2) is 23.0 Å². The first-order chi connectivity index (χ1) is 16.7. The van der Waals surface area contributed by atoms with Gasteiger partial charge in [-0.1, -0.05) is 43.5 Å². The molecular weight excluding hydrogens is 428 g/mol. The van der Waals surface area contributed by atoms with Crippen LogP contribution in [0.4, 0.5) is 0 Å². The molecule has 2 aliphatic heterocycles. The molecule has 0 N–H and O–H groups in total. The number of carbonyl (C=O) groups is 1. The van der Waals surface area contributed by atoms with Gasteiger partial charge in [0.05, 0.1) is 25.0 Å². The Morgan fingerprint density at radius 2 is 1.29 bits per heavy atom. The third-order valence-electron chi connectivity index (χ3n) is 8.47. The molecule has 2 saturated carbocycles. The van der Waals surface area contributed by atoms with E-state index in [2.05, 4.69) is 12.1 Å². The van der Waals surface area contributed by atoms with Crippen LogP contribution < -0.4 is 18.9 Å². The first-order valence-corrected chi connectivity index (χ1v) is 13.0. The molecule has 5 nitrogen and oxygen atoms in total. The average Bonchev–Trinajstić information content (AvgIpc) is 2.87. The maximum absolute atomic E-state index is 14.0. The number of hydrogen-bond donors (Lipinski definition) is 0. The van der Waals surface area contributed by atoms with Crippen LogP contribution >= 0.6 is 0 Å². The normalized spacial score (nSPS) is 28.5. The molecule has 34 heavy (non-hydrogen) atoms. The molecule has 2 aromatic carbocycles. The van der Waals surface area contributed by atoms with Gasteiger partial charge in [0.1, 0.15) is 18.0 Å². The van der Waals surface area contributed by atoms with Crippen molar-refractivity contribution in [3.8, 4) is 23.0 Å². The molecule has 180 valence electrons. The van der Waals surface area contributed by atoms with Crippen molar-refractivity contribution in [2.45, 2.75) is 71.0 Å². The average molecular weight is 463 g/mol. The highest BCUT2D eigenvalue weighted by molar-refractivity contribution is 5.88. The highest BCUT2D eigenvalue weighted by atomic mass is 16.5. The van der Waals surface area contributed by atoms with Crippen LogP contribution in [-0.4, -0.2) is 31.2 Å². The molecule has 0 aromatic heterocycles. The van der Waals surface area contributed by atoms with E-state index >= 15 is 0 Å². The molecule has 2 aromatic rings. The Kier molecular flexibility index (Phi) is 5.46. The van der Waals surface area contributed by atoms with Gasteiger partial charge in [0, 0.05) is 5.41 Å². The SMILES string of the molecule is CCOc1cccc2c1O[C@@H]1[C@@H](C2)C(=O)[C@H]2Cc3cccc(OCC)c3O[C@@H]2C12CCCCC2. The van der Waals surface area contributed by atoms with Crippen molar-refractivity contribution in [2.75, 3.05) is 13.2 Å². The van der Waals surface area contributed by atoms with E-state index in [-0.39, 0.29) is 29.5 Å². The Balaban J connectivity index is 1.45. The summed E-state index contributed by atoms with van der Waals surface area (Å²) in [5, 5.41) is 0. The summed E-state index contributed by atoms with van der Waals surface area (Å²) in [6, 6.07) is 12.1. The first kappa shape index (κ1) is 21.8. The van der Waals surface area contributed by atoms with E-state index in [4.69, 9.17) is 18.9 Å². The molecule has 4 atom stereocenters. The maximum Gasteiger partial charge on any atom is 0.164 e. The monoisotopic (exact) mass is 462 g/mol. The fourth-order valence-corrected chi connectivity index (χ4v) is 7.11. The van der Waals surface area contributed by atoms with Crippen LogP contribution in [0.1, 0.15) is 57.1 Å². The van der Waals surface area contributed by atoms with Gasteiger partial charge in [0.2, 0.25) is 0 Å². The van der Waals surface area contributed by atoms with E-state index in [9.17, 15) is 4.79 Å². The van der Waals surface area contributed by atoms with Gasteiger partial charge in [-0.05, 0) is 62.8 Å². The lowest BCUT2D eigenvalue weighted by atomic mass is 9.53. The number of para-hydroxylation sites is 2. The van der Waals surface area contributed by atoms with Gasteiger partial charge in [-0.15, -0.1) is 0 Å². The first-order valence-electron chi connectivity index (χ1n) is 13.0. The number of ketones is 1. The van der Waals surface area contributed by atoms with Crippen LogP contribution in [-0.2, 0) is 17.6 Å². The molecule has 0 amide bonds. The number of fused-ring (bicyclic) bond motifs is 6. The van der Waals surface area contributed by atoms with Crippen LogP contribution in [0.5, 0.6) is 23.0 Å². The third kappa shape index (κ3) is 3.23. The van der Waals surface area contributed by atoms with E-state index in [0.29, 0.717) is 19.0 Å². The van der Waals surface area contributed by atoms with E-state index in [0.717, 1.165) is 72.6 Å². The van der Waals surface area contributed by atoms with Gasteiger partial charge in [-0.3, -0.25) is 4.79 Å². The maximum atomic E-state index is 14.0. The summed E-state index contributed by atoms with van der Waals surface area (Å²) in [5.74, 6) is 3.25. The lowest BCUT2D eigenvalue weighted by Gasteiger charge is -2.58. The highest BCUT2D eigenvalue weighted by Crippen LogP contribution is 2.58. The molecule has 2 aliphatic carbocycles. The zero-order valence-electron chi connectivity index (χ0n) is 20.2. The standard InChI is InChI=1S/C29H34O5/c1-3-31-22-12-8-10-18-16-20-24(30)21-17-19-11-9-13-23(32-4-2)26(19)34-28(21)29(14-6-5-7-15-29)27(20)33-25(18)22/h8-13,20-21,27-28H,3-7,14-17H2,1-2H3/t20-,21+,27+,28-. The fraction of sp³-hybridized carbons (Fsp3) is 0.552. The Bertz CT molecular complexity index is 1010. The molecule has 0 saturated heterocycles. The van der Waals surface area contributed by atoms with Crippen LogP contribution in [0, 0.1) is 17.3 Å². The third-order valence-corrected chi connectivity index (χ3v) is 8.47. The molecule has 0 bridgehead atoms. The van der Waals surface area contributed by atoms with Crippen molar-refractivity contribution < 1.29 is 23.7 Å². The number of rotatable bonds is 4. The molecule has 4 aliphatic rings. The Hall–Kier alpha value is -2.69. The van der Waals surface area contributed by atoms with Crippen LogP contribution in [0.15, 0.2) is 36.4 Å². The Labute approximate surface area is 201 Å². The number of carbonyl (C=O) groups excluding carboxylic acids is 1. The molecule has 6 rings (SSSR count). The quantitative estimate of drug-likeness (QED) is 0.596. The van der Waals surface area contributed by atoms with Crippen molar-refractivity contribution in [1.82, 2.24) is 0 Å². The zero-order chi connectivity index (χ0) is 23.3. The molecule has 0 unspecified atom stereocenters.